The number of hydrogen-bond donors (Lipinski definition) is 1. The first-order valence-corrected chi connectivity index (χ1v) is 6.53. The standard InChI is InChI=1S/C9H7N.C7H12N2/c1-2-6-9-8(4-1)5-3-7-10-9;1-6(2)5-7-8-3-4-9-7/h1-7H;3-4,6H,5H2,1-2H3,(H,8,9). The zero-order valence-corrected chi connectivity index (χ0v) is 11.4. The van der Waals surface area contributed by atoms with Gasteiger partial charge in [-0.2, -0.15) is 0 Å². The molecule has 0 bridgehead atoms. The molecule has 0 unspecified atom stereocenters. The van der Waals surface area contributed by atoms with Gasteiger partial charge in [0.05, 0.1) is 5.52 Å². The van der Waals surface area contributed by atoms with Gasteiger partial charge in [-0.1, -0.05) is 38.1 Å². The largest absolute Gasteiger partial charge is 0.349 e. The quantitative estimate of drug-likeness (QED) is 0.753. The van der Waals surface area contributed by atoms with Crippen molar-refractivity contribution in [1.29, 1.82) is 0 Å². The Kier molecular flexibility index (Phi) is 4.67. The molecule has 3 nitrogen and oxygen atoms in total. The zero-order chi connectivity index (χ0) is 13.5. The fraction of sp³-hybridized carbons (Fsp3) is 0.250. The van der Waals surface area contributed by atoms with Gasteiger partial charge in [-0.3, -0.25) is 4.98 Å². The molecule has 0 spiro atoms. The SMILES string of the molecule is CC(C)Cc1ncc[nH]1.c1ccc2ncccc2c1. The normalized spacial score (nSPS) is 10.3. The van der Waals surface area contributed by atoms with E-state index in [0.29, 0.717) is 5.92 Å². The second-order valence-electron chi connectivity index (χ2n) is 4.83. The first kappa shape index (κ1) is 13.3. The second kappa shape index (κ2) is 6.69. The Balaban J connectivity index is 0.000000141. The third-order valence-corrected chi connectivity index (χ3v) is 2.67. The highest BCUT2D eigenvalue weighted by Gasteiger charge is 1.96. The lowest BCUT2D eigenvalue weighted by molar-refractivity contribution is 0.626. The molecule has 2 heterocycles. The van der Waals surface area contributed by atoms with Gasteiger partial charge in [0.2, 0.25) is 0 Å². The van der Waals surface area contributed by atoms with Crippen LogP contribution in [0.1, 0.15) is 19.7 Å². The van der Waals surface area contributed by atoms with Gasteiger partial charge in [-0.15, -0.1) is 0 Å². The van der Waals surface area contributed by atoms with Gasteiger partial charge in [0.1, 0.15) is 5.82 Å². The molecule has 0 atom stereocenters. The highest BCUT2D eigenvalue weighted by atomic mass is 14.9. The van der Waals surface area contributed by atoms with Gasteiger partial charge in [0, 0.05) is 30.4 Å². The molecule has 19 heavy (non-hydrogen) atoms. The summed E-state index contributed by atoms with van der Waals surface area (Å²) in [6.07, 6.45) is 6.50. The second-order valence-corrected chi connectivity index (χ2v) is 4.83. The minimum absolute atomic E-state index is 0.691. The maximum atomic E-state index is 4.18. The number of nitrogens with zero attached hydrogens (tertiary/aromatic N) is 2. The lowest BCUT2D eigenvalue weighted by Crippen LogP contribution is -1.95. The number of H-pyrrole nitrogens is 1. The number of benzene rings is 1. The Morgan fingerprint density at radius 3 is 2.47 bits per heavy atom. The van der Waals surface area contributed by atoms with Crippen LogP contribution >= 0.6 is 0 Å². The topological polar surface area (TPSA) is 41.6 Å². The van der Waals surface area contributed by atoms with E-state index in [4.69, 9.17) is 0 Å². The van der Waals surface area contributed by atoms with Gasteiger partial charge in [-0.05, 0) is 18.1 Å². The third-order valence-electron chi connectivity index (χ3n) is 2.67. The molecule has 0 saturated carbocycles. The third kappa shape index (κ3) is 4.21. The van der Waals surface area contributed by atoms with Gasteiger partial charge >= 0.3 is 0 Å². The van der Waals surface area contributed by atoms with Crippen LogP contribution in [0, 0.1) is 5.92 Å². The van der Waals surface area contributed by atoms with Gasteiger partial charge in [0.15, 0.2) is 0 Å². The highest BCUT2D eigenvalue weighted by molar-refractivity contribution is 5.77. The molecule has 1 N–H and O–H groups in total. The lowest BCUT2D eigenvalue weighted by Gasteiger charge is -1.98. The molecule has 0 fully saturated rings. The van der Waals surface area contributed by atoms with Crippen molar-refractivity contribution in [3.63, 3.8) is 0 Å². The van der Waals surface area contributed by atoms with E-state index in [1.807, 2.05) is 36.7 Å². The van der Waals surface area contributed by atoms with Crippen molar-refractivity contribution >= 4 is 10.9 Å². The van der Waals surface area contributed by atoms with Crippen molar-refractivity contribution in [3.8, 4) is 0 Å². The van der Waals surface area contributed by atoms with Crippen molar-refractivity contribution in [2.45, 2.75) is 20.3 Å². The van der Waals surface area contributed by atoms with Crippen molar-refractivity contribution in [3.05, 3.63) is 60.8 Å². The fourth-order valence-electron chi connectivity index (χ4n) is 1.81. The van der Waals surface area contributed by atoms with Crippen LogP contribution in [0.4, 0.5) is 0 Å². The van der Waals surface area contributed by atoms with Crippen LogP contribution in [0.25, 0.3) is 10.9 Å². The summed E-state index contributed by atoms with van der Waals surface area (Å²) in [5, 5.41) is 1.20. The van der Waals surface area contributed by atoms with E-state index in [9.17, 15) is 0 Å². The summed E-state index contributed by atoms with van der Waals surface area (Å²) in [4.78, 5) is 11.3. The Labute approximate surface area is 113 Å². The zero-order valence-electron chi connectivity index (χ0n) is 11.4. The highest BCUT2D eigenvalue weighted by Crippen LogP contribution is 2.07. The number of aromatic nitrogens is 3. The number of rotatable bonds is 2. The molecule has 0 amide bonds. The minimum Gasteiger partial charge on any atom is -0.349 e. The summed E-state index contributed by atoms with van der Waals surface area (Å²) >= 11 is 0. The Hall–Kier alpha value is -2.16. The molecular formula is C16H19N3. The monoisotopic (exact) mass is 253 g/mol. The molecule has 0 radical (unpaired) electrons. The molecule has 2 aromatic heterocycles. The van der Waals surface area contributed by atoms with Crippen LogP contribution < -0.4 is 0 Å². The molecule has 98 valence electrons. The molecule has 1 aromatic carbocycles. The summed E-state index contributed by atoms with van der Waals surface area (Å²) in [5.41, 5.74) is 1.06. The maximum Gasteiger partial charge on any atom is 0.106 e. The van der Waals surface area contributed by atoms with Gasteiger partial charge in [0.25, 0.3) is 0 Å². The van der Waals surface area contributed by atoms with E-state index in [2.05, 4.69) is 40.9 Å². The number of hydrogen-bond acceptors (Lipinski definition) is 2. The van der Waals surface area contributed by atoms with E-state index >= 15 is 0 Å². The van der Waals surface area contributed by atoms with Crippen LogP contribution in [0.15, 0.2) is 55.0 Å². The molecule has 0 aliphatic rings. The summed E-state index contributed by atoms with van der Waals surface area (Å²) in [6, 6.07) is 12.1. The predicted octanol–water partition coefficient (Wildman–Crippen LogP) is 3.84. The number of pyridine rings is 1. The van der Waals surface area contributed by atoms with Crippen molar-refractivity contribution < 1.29 is 0 Å². The molecule has 0 aliphatic carbocycles. The smallest absolute Gasteiger partial charge is 0.106 e. The van der Waals surface area contributed by atoms with Crippen molar-refractivity contribution in [2.24, 2.45) is 5.92 Å². The average Bonchev–Trinajstić information content (AvgIpc) is 2.92. The summed E-state index contributed by atoms with van der Waals surface area (Å²) in [7, 11) is 0. The van der Waals surface area contributed by atoms with Crippen LogP contribution in [0.5, 0.6) is 0 Å². The minimum atomic E-state index is 0.691. The number of fused-ring (bicyclic) bond motifs is 1. The van der Waals surface area contributed by atoms with E-state index in [1.165, 1.54) is 5.39 Å². The average molecular weight is 253 g/mol. The molecule has 3 aromatic rings. The lowest BCUT2D eigenvalue weighted by atomic mass is 10.1. The molecule has 3 heteroatoms. The van der Waals surface area contributed by atoms with E-state index in [1.54, 1.807) is 6.20 Å². The van der Waals surface area contributed by atoms with Crippen LogP contribution in [-0.4, -0.2) is 15.0 Å². The predicted molar refractivity (Wildman–Crippen MR) is 78.9 cm³/mol. The number of para-hydroxylation sites is 1. The Morgan fingerprint density at radius 2 is 1.79 bits per heavy atom. The summed E-state index contributed by atoms with van der Waals surface area (Å²) in [5.74, 6) is 1.78. The van der Waals surface area contributed by atoms with Crippen LogP contribution in [0.2, 0.25) is 0 Å². The van der Waals surface area contributed by atoms with Gasteiger partial charge < -0.3 is 4.98 Å². The molecular weight excluding hydrogens is 234 g/mol. The van der Waals surface area contributed by atoms with Crippen LogP contribution in [0.3, 0.4) is 0 Å². The molecule has 0 aliphatic heterocycles. The molecule has 3 rings (SSSR count). The van der Waals surface area contributed by atoms with E-state index < -0.39 is 0 Å². The van der Waals surface area contributed by atoms with Crippen molar-refractivity contribution in [2.75, 3.05) is 0 Å². The van der Waals surface area contributed by atoms with Crippen LogP contribution in [-0.2, 0) is 6.42 Å². The first-order chi connectivity index (χ1) is 9.25. The Morgan fingerprint density at radius 1 is 1.00 bits per heavy atom. The summed E-state index contributed by atoms with van der Waals surface area (Å²) in [6.45, 7) is 4.37. The maximum absolute atomic E-state index is 4.18. The Bertz CT molecular complexity index is 535. The van der Waals surface area contributed by atoms with E-state index in [0.717, 1.165) is 17.8 Å². The number of nitrogens with one attached hydrogen (secondary N) is 1. The van der Waals surface area contributed by atoms with Gasteiger partial charge in [-0.25, -0.2) is 4.98 Å². The molecule has 0 saturated heterocycles. The number of imidazole rings is 1. The van der Waals surface area contributed by atoms with Crippen molar-refractivity contribution in [1.82, 2.24) is 15.0 Å². The summed E-state index contributed by atoms with van der Waals surface area (Å²) < 4.78 is 0. The van der Waals surface area contributed by atoms with E-state index in [-0.39, 0.29) is 0 Å². The number of aromatic amines is 1. The fourth-order valence-corrected chi connectivity index (χ4v) is 1.81. The first-order valence-electron chi connectivity index (χ1n) is 6.53.